The minimum atomic E-state index is -0.191. The Bertz CT molecular complexity index is 405. The van der Waals surface area contributed by atoms with Crippen LogP contribution in [0, 0.1) is 5.41 Å². The van der Waals surface area contributed by atoms with E-state index in [2.05, 4.69) is 20.5 Å². The smallest absolute Gasteiger partial charge is 0.239 e. The molecule has 1 heterocycles. The molecule has 0 unspecified atom stereocenters. The van der Waals surface area contributed by atoms with Crippen LogP contribution in [-0.2, 0) is 4.79 Å². The minimum Gasteiger partial charge on any atom is -0.350 e. The molecule has 0 atom stereocenters. The van der Waals surface area contributed by atoms with Crippen LogP contribution in [0.1, 0.15) is 52.9 Å². The number of amides is 1. The number of guanidine groups is 1. The lowest BCUT2D eigenvalue weighted by atomic mass is 9.86. The molecular weight excluding hydrogens is 264 g/mol. The first-order chi connectivity index (χ1) is 9.84. The highest BCUT2D eigenvalue weighted by Crippen LogP contribution is 2.45. The third-order valence-electron chi connectivity index (χ3n) is 4.54. The quantitative estimate of drug-likeness (QED) is 0.602. The summed E-state index contributed by atoms with van der Waals surface area (Å²) in [5.74, 6) is 0.876. The Morgan fingerprint density at radius 2 is 1.90 bits per heavy atom. The molecule has 0 aromatic rings. The number of hydrogen-bond donors (Lipinski definition) is 2. The topological polar surface area (TPSA) is 56.7 Å². The maximum absolute atomic E-state index is 11.9. The van der Waals surface area contributed by atoms with Crippen molar-refractivity contribution in [2.24, 2.45) is 10.4 Å². The summed E-state index contributed by atoms with van der Waals surface area (Å²) >= 11 is 0. The van der Waals surface area contributed by atoms with Gasteiger partial charge in [-0.3, -0.25) is 9.79 Å². The van der Waals surface area contributed by atoms with Crippen LogP contribution >= 0.6 is 0 Å². The van der Waals surface area contributed by atoms with Crippen molar-refractivity contribution in [3.05, 3.63) is 0 Å². The third kappa shape index (κ3) is 4.35. The first-order valence-corrected chi connectivity index (χ1v) is 8.10. The Kier molecular flexibility index (Phi) is 4.79. The second kappa shape index (κ2) is 6.24. The van der Waals surface area contributed by atoms with E-state index in [0.29, 0.717) is 5.41 Å². The Morgan fingerprint density at radius 1 is 1.24 bits per heavy atom. The number of carbonyl (C=O) groups is 1. The second-order valence-corrected chi connectivity index (χ2v) is 7.58. The highest BCUT2D eigenvalue weighted by atomic mass is 16.2. The van der Waals surface area contributed by atoms with Crippen molar-refractivity contribution in [3.8, 4) is 0 Å². The van der Waals surface area contributed by atoms with Crippen molar-refractivity contribution in [1.82, 2.24) is 15.5 Å². The van der Waals surface area contributed by atoms with Crippen LogP contribution in [0.5, 0.6) is 0 Å². The zero-order valence-corrected chi connectivity index (χ0v) is 14.0. The predicted molar refractivity (Wildman–Crippen MR) is 86.3 cm³/mol. The molecule has 1 amide bonds. The van der Waals surface area contributed by atoms with Crippen LogP contribution < -0.4 is 10.6 Å². The summed E-state index contributed by atoms with van der Waals surface area (Å²) in [6, 6.07) is 0. The maximum Gasteiger partial charge on any atom is 0.239 e. The van der Waals surface area contributed by atoms with Gasteiger partial charge in [-0.15, -0.1) is 0 Å². The summed E-state index contributed by atoms with van der Waals surface area (Å²) in [5.41, 5.74) is 0.328. The molecule has 5 heteroatoms. The molecule has 1 spiro atoms. The molecule has 1 aliphatic carbocycles. The molecule has 0 bridgehead atoms. The van der Waals surface area contributed by atoms with Gasteiger partial charge in [-0.2, -0.15) is 0 Å². The van der Waals surface area contributed by atoms with Gasteiger partial charge in [-0.25, -0.2) is 0 Å². The van der Waals surface area contributed by atoms with Gasteiger partial charge >= 0.3 is 0 Å². The fraction of sp³-hybridized carbons (Fsp3) is 0.875. The van der Waals surface area contributed by atoms with Gasteiger partial charge in [0.2, 0.25) is 5.91 Å². The highest BCUT2D eigenvalue weighted by molar-refractivity contribution is 5.86. The van der Waals surface area contributed by atoms with Gasteiger partial charge in [-0.05, 0) is 45.4 Å². The van der Waals surface area contributed by atoms with Crippen LogP contribution in [-0.4, -0.2) is 49.0 Å². The average molecular weight is 294 g/mol. The average Bonchev–Trinajstić information content (AvgIpc) is 2.99. The molecular formula is C16H30N4O. The van der Waals surface area contributed by atoms with Crippen molar-refractivity contribution < 1.29 is 4.79 Å². The maximum atomic E-state index is 11.9. The summed E-state index contributed by atoms with van der Waals surface area (Å²) < 4.78 is 0. The van der Waals surface area contributed by atoms with Crippen molar-refractivity contribution in [1.29, 1.82) is 0 Å². The van der Waals surface area contributed by atoms with E-state index in [-0.39, 0.29) is 18.0 Å². The Morgan fingerprint density at radius 3 is 2.48 bits per heavy atom. The van der Waals surface area contributed by atoms with Crippen molar-refractivity contribution in [3.63, 3.8) is 0 Å². The normalized spacial score (nSPS) is 21.9. The number of nitrogens with one attached hydrogen (secondary N) is 2. The second-order valence-electron chi connectivity index (χ2n) is 7.58. The molecule has 2 fully saturated rings. The third-order valence-corrected chi connectivity index (χ3v) is 4.54. The summed E-state index contributed by atoms with van der Waals surface area (Å²) in [7, 11) is 1.80. The molecule has 1 saturated heterocycles. The zero-order valence-electron chi connectivity index (χ0n) is 14.0. The monoisotopic (exact) mass is 294 g/mol. The molecule has 0 radical (unpaired) electrons. The molecule has 2 N–H and O–H groups in total. The van der Waals surface area contributed by atoms with E-state index in [1.165, 1.54) is 32.1 Å². The fourth-order valence-corrected chi connectivity index (χ4v) is 3.60. The summed E-state index contributed by atoms with van der Waals surface area (Å²) in [5, 5.41) is 6.17. The van der Waals surface area contributed by atoms with E-state index in [4.69, 9.17) is 0 Å². The number of nitrogens with zero attached hydrogens (tertiary/aromatic N) is 2. The van der Waals surface area contributed by atoms with Crippen LogP contribution in [0.2, 0.25) is 0 Å². The first-order valence-electron chi connectivity index (χ1n) is 8.10. The van der Waals surface area contributed by atoms with Crippen molar-refractivity contribution in [2.45, 2.75) is 58.4 Å². The number of likely N-dealkylation sites (tertiary alicyclic amines) is 1. The minimum absolute atomic E-state index is 0.0124. The van der Waals surface area contributed by atoms with E-state index >= 15 is 0 Å². The number of hydrogen-bond acceptors (Lipinski definition) is 2. The van der Waals surface area contributed by atoms with Gasteiger partial charge in [0.25, 0.3) is 0 Å². The van der Waals surface area contributed by atoms with E-state index in [9.17, 15) is 4.79 Å². The predicted octanol–water partition coefficient (Wildman–Crippen LogP) is 1.74. The standard InChI is InChI=1S/C16H30N4O/c1-15(2,3)19-13(21)11-18-14(17-4)20-10-9-16(12-20)7-5-6-8-16/h5-12H2,1-4H3,(H,17,18)(H,19,21). The van der Waals surface area contributed by atoms with E-state index in [1.807, 2.05) is 20.8 Å². The Labute approximate surface area is 128 Å². The summed E-state index contributed by atoms with van der Waals surface area (Å²) in [4.78, 5) is 18.6. The van der Waals surface area contributed by atoms with E-state index < -0.39 is 0 Å². The molecule has 5 nitrogen and oxygen atoms in total. The SMILES string of the molecule is CN=C(NCC(=O)NC(C)(C)C)N1CCC2(CCCC2)C1. The lowest BCUT2D eigenvalue weighted by Crippen LogP contribution is -2.49. The fourth-order valence-electron chi connectivity index (χ4n) is 3.60. The zero-order chi connectivity index (χ0) is 15.5. The van der Waals surface area contributed by atoms with Gasteiger partial charge in [0.15, 0.2) is 5.96 Å². The molecule has 2 rings (SSSR count). The largest absolute Gasteiger partial charge is 0.350 e. The lowest BCUT2D eigenvalue weighted by molar-refractivity contribution is -0.121. The first kappa shape index (κ1) is 16.1. The molecule has 0 aromatic carbocycles. The van der Waals surface area contributed by atoms with Crippen LogP contribution in [0.25, 0.3) is 0 Å². The van der Waals surface area contributed by atoms with Gasteiger partial charge < -0.3 is 15.5 Å². The van der Waals surface area contributed by atoms with Crippen molar-refractivity contribution in [2.75, 3.05) is 26.7 Å². The van der Waals surface area contributed by atoms with E-state index in [0.717, 1.165) is 19.0 Å². The van der Waals surface area contributed by atoms with Gasteiger partial charge in [0.1, 0.15) is 0 Å². The molecule has 21 heavy (non-hydrogen) atoms. The molecule has 2 aliphatic rings. The number of aliphatic imine (C=N–C) groups is 1. The number of rotatable bonds is 2. The van der Waals surface area contributed by atoms with Crippen LogP contribution in [0.3, 0.4) is 0 Å². The molecule has 1 aliphatic heterocycles. The molecule has 120 valence electrons. The summed E-state index contributed by atoms with van der Waals surface area (Å²) in [6.07, 6.45) is 6.71. The van der Waals surface area contributed by atoms with Gasteiger partial charge in [0, 0.05) is 25.7 Å². The van der Waals surface area contributed by atoms with Crippen molar-refractivity contribution >= 4 is 11.9 Å². The Balaban J connectivity index is 1.83. The Hall–Kier alpha value is -1.26. The van der Waals surface area contributed by atoms with E-state index in [1.54, 1.807) is 7.05 Å². The molecule has 1 saturated carbocycles. The lowest BCUT2D eigenvalue weighted by Gasteiger charge is -2.26. The highest BCUT2D eigenvalue weighted by Gasteiger charge is 2.41. The number of carbonyl (C=O) groups excluding carboxylic acids is 1. The van der Waals surface area contributed by atoms with Gasteiger partial charge in [0.05, 0.1) is 6.54 Å². The van der Waals surface area contributed by atoms with Crippen LogP contribution in [0.4, 0.5) is 0 Å². The van der Waals surface area contributed by atoms with Crippen LogP contribution in [0.15, 0.2) is 4.99 Å². The molecule has 0 aromatic heterocycles. The van der Waals surface area contributed by atoms with Gasteiger partial charge in [-0.1, -0.05) is 12.8 Å². The summed E-state index contributed by atoms with van der Waals surface area (Å²) in [6.45, 7) is 8.40.